The van der Waals surface area contributed by atoms with Crippen molar-refractivity contribution in [1.29, 1.82) is 0 Å². The predicted octanol–water partition coefficient (Wildman–Crippen LogP) is 4.45. The molecule has 3 aromatic carbocycles. The second kappa shape index (κ2) is 6.63. The van der Waals surface area contributed by atoms with Crippen molar-refractivity contribution in [3.05, 3.63) is 89.8 Å². The van der Waals surface area contributed by atoms with Gasteiger partial charge in [-0.3, -0.25) is 4.79 Å². The molecule has 5 heteroatoms. The number of carbonyl (C=O) groups excluding carboxylic acids is 1. The molecule has 0 fully saturated rings. The summed E-state index contributed by atoms with van der Waals surface area (Å²) in [6.07, 6.45) is 2.03. The van der Waals surface area contributed by atoms with Gasteiger partial charge in [-0.05, 0) is 41.0 Å². The van der Waals surface area contributed by atoms with Gasteiger partial charge in [0, 0.05) is 29.2 Å². The number of carbonyl (C=O) groups is 2. The Labute approximate surface area is 166 Å². The van der Waals surface area contributed by atoms with Gasteiger partial charge in [-0.15, -0.1) is 0 Å². The lowest BCUT2D eigenvalue weighted by atomic mass is 10.0. The quantitative estimate of drug-likeness (QED) is 0.538. The van der Waals surface area contributed by atoms with E-state index in [-0.39, 0.29) is 11.5 Å². The van der Waals surface area contributed by atoms with Crippen molar-refractivity contribution in [3.8, 4) is 0 Å². The Morgan fingerprint density at radius 3 is 2.52 bits per heavy atom. The lowest BCUT2D eigenvalue weighted by Crippen LogP contribution is -2.27. The van der Waals surface area contributed by atoms with Crippen molar-refractivity contribution >= 4 is 39.1 Å². The summed E-state index contributed by atoms with van der Waals surface area (Å²) in [5.41, 5.74) is 3.05. The van der Waals surface area contributed by atoms with Crippen molar-refractivity contribution in [2.24, 2.45) is 0 Å². The normalized spacial score (nSPS) is 13.8. The van der Waals surface area contributed by atoms with Crippen LogP contribution in [0, 0.1) is 0 Å². The number of aromatic amines is 1. The van der Waals surface area contributed by atoms with Gasteiger partial charge in [0.05, 0.1) is 11.3 Å². The minimum atomic E-state index is -1.06. The molecule has 1 aliphatic heterocycles. The fraction of sp³-hybridized carbons (Fsp3) is 0.0833. The van der Waals surface area contributed by atoms with Gasteiger partial charge in [0.1, 0.15) is 0 Å². The van der Waals surface area contributed by atoms with E-state index >= 15 is 0 Å². The van der Waals surface area contributed by atoms with Crippen LogP contribution in [0.2, 0.25) is 0 Å². The van der Waals surface area contributed by atoms with Crippen molar-refractivity contribution in [1.82, 2.24) is 9.88 Å². The average molecular weight is 382 g/mol. The van der Waals surface area contributed by atoms with Crippen molar-refractivity contribution in [2.45, 2.75) is 6.42 Å². The summed E-state index contributed by atoms with van der Waals surface area (Å²) in [5.74, 6) is -1.26. The molecule has 0 unspecified atom stereocenters. The molecule has 1 aliphatic rings. The highest BCUT2D eigenvalue weighted by Gasteiger charge is 2.26. The van der Waals surface area contributed by atoms with Gasteiger partial charge in [-0.25, -0.2) is 4.79 Å². The fourth-order valence-corrected chi connectivity index (χ4v) is 4.02. The number of nitrogens with zero attached hydrogens (tertiary/aromatic N) is 1. The number of nitrogens with one attached hydrogen (secondary N) is 1. The molecule has 0 bridgehead atoms. The number of aromatic nitrogens is 1. The van der Waals surface area contributed by atoms with E-state index in [9.17, 15) is 14.7 Å². The SMILES string of the molecule is O=C(O)C1=CN(C(=O)c2ccc3ccccc3c2)CCc2c1[nH]c1ccccc21. The van der Waals surface area contributed by atoms with Crippen LogP contribution in [-0.2, 0) is 11.2 Å². The van der Waals surface area contributed by atoms with Gasteiger partial charge in [0.25, 0.3) is 5.91 Å². The molecule has 0 atom stereocenters. The second-order valence-electron chi connectivity index (χ2n) is 7.18. The molecule has 1 amide bonds. The number of benzene rings is 3. The lowest BCUT2D eigenvalue weighted by molar-refractivity contribution is -0.130. The van der Waals surface area contributed by atoms with Crippen LogP contribution in [0.1, 0.15) is 21.6 Å². The Hall–Kier alpha value is -3.86. The summed E-state index contributed by atoms with van der Waals surface area (Å²) in [5, 5.41) is 12.9. The maximum Gasteiger partial charge on any atom is 0.339 e. The Morgan fingerprint density at radius 2 is 1.69 bits per heavy atom. The van der Waals surface area contributed by atoms with Crippen LogP contribution in [0.25, 0.3) is 27.2 Å². The number of hydrogen-bond acceptors (Lipinski definition) is 2. The molecule has 0 radical (unpaired) electrons. The highest BCUT2D eigenvalue weighted by atomic mass is 16.4. The van der Waals surface area contributed by atoms with E-state index in [0.717, 1.165) is 27.2 Å². The molecule has 5 nitrogen and oxygen atoms in total. The number of fused-ring (bicyclic) bond motifs is 4. The lowest BCUT2D eigenvalue weighted by Gasteiger charge is -2.18. The van der Waals surface area contributed by atoms with Crippen LogP contribution in [0.4, 0.5) is 0 Å². The smallest absolute Gasteiger partial charge is 0.339 e. The number of rotatable bonds is 2. The molecule has 2 heterocycles. The number of H-pyrrole nitrogens is 1. The van der Waals surface area contributed by atoms with E-state index in [0.29, 0.717) is 24.2 Å². The first-order valence-electron chi connectivity index (χ1n) is 9.46. The number of aliphatic carboxylic acids is 1. The van der Waals surface area contributed by atoms with Gasteiger partial charge in [-0.1, -0.05) is 48.5 Å². The topological polar surface area (TPSA) is 73.4 Å². The maximum absolute atomic E-state index is 13.2. The summed E-state index contributed by atoms with van der Waals surface area (Å²) in [4.78, 5) is 29.9. The third kappa shape index (κ3) is 2.88. The minimum absolute atomic E-state index is 0.0999. The number of amides is 1. The van der Waals surface area contributed by atoms with Crippen LogP contribution in [0.5, 0.6) is 0 Å². The maximum atomic E-state index is 13.2. The van der Waals surface area contributed by atoms with Crippen LogP contribution in [0.15, 0.2) is 72.9 Å². The van der Waals surface area contributed by atoms with Crippen LogP contribution in [0.3, 0.4) is 0 Å². The number of para-hydroxylation sites is 1. The van der Waals surface area contributed by atoms with E-state index in [4.69, 9.17) is 0 Å². The summed E-state index contributed by atoms with van der Waals surface area (Å²) < 4.78 is 0. The third-order valence-electron chi connectivity index (χ3n) is 5.46. The third-order valence-corrected chi connectivity index (χ3v) is 5.46. The zero-order chi connectivity index (χ0) is 20.0. The Bertz CT molecular complexity index is 1320. The van der Waals surface area contributed by atoms with Crippen LogP contribution < -0.4 is 0 Å². The number of carboxylic acids is 1. The fourth-order valence-electron chi connectivity index (χ4n) is 4.02. The Kier molecular flexibility index (Phi) is 3.95. The van der Waals surface area contributed by atoms with Gasteiger partial charge in [-0.2, -0.15) is 0 Å². The number of carboxylic acid groups (broad SMARTS) is 1. The van der Waals surface area contributed by atoms with E-state index in [1.165, 1.54) is 11.1 Å². The summed E-state index contributed by atoms with van der Waals surface area (Å²) in [7, 11) is 0. The average Bonchev–Trinajstić information content (AvgIpc) is 3.00. The standard InChI is InChI=1S/C24H18N2O3/c27-23(17-10-9-15-5-1-2-6-16(15)13-17)26-12-11-19-18-7-3-4-8-21(18)25-22(19)20(14-26)24(28)29/h1-10,13-14,25H,11-12H2,(H,28,29). The predicted molar refractivity (Wildman–Crippen MR) is 113 cm³/mol. The molecular weight excluding hydrogens is 364 g/mol. The summed E-state index contributed by atoms with van der Waals surface area (Å²) in [6, 6.07) is 21.2. The molecule has 142 valence electrons. The largest absolute Gasteiger partial charge is 0.478 e. The zero-order valence-corrected chi connectivity index (χ0v) is 15.6. The summed E-state index contributed by atoms with van der Waals surface area (Å²) >= 11 is 0. The molecular formula is C24H18N2O3. The van der Waals surface area contributed by atoms with Gasteiger partial charge < -0.3 is 15.0 Å². The molecule has 2 N–H and O–H groups in total. The monoisotopic (exact) mass is 382 g/mol. The first-order valence-corrected chi connectivity index (χ1v) is 9.46. The zero-order valence-electron chi connectivity index (χ0n) is 15.6. The first-order chi connectivity index (χ1) is 14.1. The van der Waals surface area contributed by atoms with Crippen molar-refractivity contribution < 1.29 is 14.7 Å². The molecule has 1 aromatic heterocycles. The molecule has 0 aliphatic carbocycles. The Balaban J connectivity index is 1.57. The van der Waals surface area contributed by atoms with E-state index in [1.807, 2.05) is 60.7 Å². The molecule has 5 rings (SSSR count). The van der Waals surface area contributed by atoms with Crippen LogP contribution >= 0.6 is 0 Å². The molecule has 29 heavy (non-hydrogen) atoms. The first kappa shape index (κ1) is 17.3. The van der Waals surface area contributed by atoms with E-state index < -0.39 is 5.97 Å². The highest BCUT2D eigenvalue weighted by Crippen LogP contribution is 2.31. The molecule has 0 saturated carbocycles. The van der Waals surface area contributed by atoms with Crippen molar-refractivity contribution in [2.75, 3.05) is 6.54 Å². The van der Waals surface area contributed by atoms with Crippen LogP contribution in [-0.4, -0.2) is 33.4 Å². The molecule has 0 spiro atoms. The van der Waals surface area contributed by atoms with Gasteiger partial charge >= 0.3 is 5.97 Å². The number of hydrogen-bond donors (Lipinski definition) is 2. The van der Waals surface area contributed by atoms with E-state index in [2.05, 4.69) is 4.98 Å². The highest BCUT2D eigenvalue weighted by molar-refractivity contribution is 6.17. The van der Waals surface area contributed by atoms with E-state index in [1.54, 1.807) is 6.07 Å². The van der Waals surface area contributed by atoms with Crippen molar-refractivity contribution in [3.63, 3.8) is 0 Å². The second-order valence-corrected chi connectivity index (χ2v) is 7.18. The molecule has 4 aromatic rings. The summed E-state index contributed by atoms with van der Waals surface area (Å²) in [6.45, 7) is 0.414. The van der Waals surface area contributed by atoms with Gasteiger partial charge in [0.2, 0.25) is 0 Å². The molecule has 0 saturated heterocycles. The minimum Gasteiger partial charge on any atom is -0.478 e. The Morgan fingerprint density at radius 1 is 0.931 bits per heavy atom. The van der Waals surface area contributed by atoms with Gasteiger partial charge in [0.15, 0.2) is 0 Å².